The lowest BCUT2D eigenvalue weighted by Gasteiger charge is -2.07. The highest BCUT2D eigenvalue weighted by atomic mass is 19.1. The zero-order chi connectivity index (χ0) is 11.7. The van der Waals surface area contributed by atoms with Gasteiger partial charge in [0.25, 0.3) is 0 Å². The molecule has 0 aliphatic rings. The number of halogens is 1. The Morgan fingerprint density at radius 3 is 2.75 bits per heavy atom. The van der Waals surface area contributed by atoms with Crippen LogP contribution in [0, 0.1) is 6.92 Å². The Morgan fingerprint density at radius 2 is 2.06 bits per heavy atom. The number of para-hydroxylation sites is 1. The molecule has 1 atom stereocenters. The highest BCUT2D eigenvalue weighted by molar-refractivity contribution is 5.85. The van der Waals surface area contributed by atoms with Crippen molar-refractivity contribution in [2.75, 3.05) is 6.54 Å². The first-order chi connectivity index (χ1) is 7.66. The molecule has 86 valence electrons. The van der Waals surface area contributed by atoms with Gasteiger partial charge in [-0.2, -0.15) is 0 Å². The van der Waals surface area contributed by atoms with E-state index >= 15 is 0 Å². The number of rotatable bonds is 3. The first kappa shape index (κ1) is 11.1. The maximum atomic E-state index is 14.0. The summed E-state index contributed by atoms with van der Waals surface area (Å²) < 4.78 is 16.1. The highest BCUT2D eigenvalue weighted by Gasteiger charge is 2.19. The largest absolute Gasteiger partial charge is 0.348 e. The molecule has 0 fully saturated rings. The molecule has 0 aliphatic heterocycles. The molecule has 1 aromatic carbocycles. The second kappa shape index (κ2) is 4.26. The number of hydrogen-bond acceptors (Lipinski definition) is 1. The fourth-order valence-electron chi connectivity index (χ4n) is 2.24. The summed E-state index contributed by atoms with van der Waals surface area (Å²) in [5.74, 6) is 0. The summed E-state index contributed by atoms with van der Waals surface area (Å²) in [6.45, 7) is 2.34. The SMILES string of the molecule is Cc1c(C(F)CCN)c2ccccc2n1C. The third-order valence-electron chi connectivity index (χ3n) is 3.18. The molecular weight excluding hydrogens is 203 g/mol. The van der Waals surface area contributed by atoms with E-state index in [2.05, 4.69) is 0 Å². The van der Waals surface area contributed by atoms with Gasteiger partial charge in [0.1, 0.15) is 6.17 Å². The maximum Gasteiger partial charge on any atom is 0.129 e. The lowest BCUT2D eigenvalue weighted by atomic mass is 10.0. The van der Waals surface area contributed by atoms with Gasteiger partial charge in [-0.05, 0) is 26.0 Å². The van der Waals surface area contributed by atoms with Crippen molar-refractivity contribution in [3.05, 3.63) is 35.5 Å². The van der Waals surface area contributed by atoms with Gasteiger partial charge in [0.05, 0.1) is 0 Å². The average Bonchev–Trinajstić information content (AvgIpc) is 2.53. The molecule has 1 heterocycles. The van der Waals surface area contributed by atoms with Crippen molar-refractivity contribution in [1.82, 2.24) is 4.57 Å². The fourth-order valence-corrected chi connectivity index (χ4v) is 2.24. The minimum Gasteiger partial charge on any atom is -0.348 e. The van der Waals surface area contributed by atoms with E-state index in [9.17, 15) is 4.39 Å². The summed E-state index contributed by atoms with van der Waals surface area (Å²) in [7, 11) is 1.97. The predicted octanol–water partition coefficient (Wildman–Crippen LogP) is 2.85. The summed E-state index contributed by atoms with van der Waals surface area (Å²) in [6, 6.07) is 7.91. The summed E-state index contributed by atoms with van der Waals surface area (Å²) >= 11 is 0. The van der Waals surface area contributed by atoms with Gasteiger partial charge in [0, 0.05) is 29.2 Å². The Kier molecular flexibility index (Phi) is 2.97. The van der Waals surface area contributed by atoms with Crippen LogP contribution in [0.2, 0.25) is 0 Å². The van der Waals surface area contributed by atoms with Crippen LogP contribution in [0.15, 0.2) is 24.3 Å². The van der Waals surface area contributed by atoms with E-state index in [4.69, 9.17) is 5.73 Å². The van der Waals surface area contributed by atoms with Gasteiger partial charge in [0.2, 0.25) is 0 Å². The molecule has 0 saturated carbocycles. The van der Waals surface area contributed by atoms with Crippen molar-refractivity contribution in [3.8, 4) is 0 Å². The Balaban J connectivity index is 2.64. The first-order valence-corrected chi connectivity index (χ1v) is 5.55. The third-order valence-corrected chi connectivity index (χ3v) is 3.18. The van der Waals surface area contributed by atoms with E-state index < -0.39 is 6.17 Å². The molecule has 0 bridgehead atoms. The number of hydrogen-bond donors (Lipinski definition) is 1. The molecule has 16 heavy (non-hydrogen) atoms. The van der Waals surface area contributed by atoms with E-state index in [1.807, 2.05) is 42.8 Å². The van der Waals surface area contributed by atoms with Crippen LogP contribution in [0.5, 0.6) is 0 Å². The minimum atomic E-state index is -0.962. The van der Waals surface area contributed by atoms with E-state index in [1.54, 1.807) is 0 Å². The molecule has 2 nitrogen and oxygen atoms in total. The van der Waals surface area contributed by atoms with E-state index in [1.165, 1.54) is 0 Å². The van der Waals surface area contributed by atoms with Gasteiger partial charge in [-0.15, -0.1) is 0 Å². The lowest BCUT2D eigenvalue weighted by Crippen LogP contribution is -2.04. The number of aryl methyl sites for hydroxylation is 1. The topological polar surface area (TPSA) is 30.9 Å². The fraction of sp³-hybridized carbons (Fsp3) is 0.385. The molecule has 2 N–H and O–H groups in total. The molecule has 0 spiro atoms. The molecular formula is C13H17FN2. The molecule has 0 saturated heterocycles. The Hall–Kier alpha value is -1.35. The first-order valence-electron chi connectivity index (χ1n) is 5.55. The maximum absolute atomic E-state index is 14.0. The van der Waals surface area contributed by atoms with Crippen LogP contribution < -0.4 is 5.73 Å². The standard InChI is InChI=1S/C13H17FN2/c1-9-13(11(14)7-8-15)10-5-3-4-6-12(10)16(9)2/h3-6,11H,7-8,15H2,1-2H3. The lowest BCUT2D eigenvalue weighted by molar-refractivity contribution is 0.328. The van der Waals surface area contributed by atoms with Crippen molar-refractivity contribution < 1.29 is 4.39 Å². The van der Waals surface area contributed by atoms with E-state index in [-0.39, 0.29) is 0 Å². The van der Waals surface area contributed by atoms with Crippen LogP contribution >= 0.6 is 0 Å². The van der Waals surface area contributed by atoms with Crippen molar-refractivity contribution in [3.63, 3.8) is 0 Å². The molecule has 0 radical (unpaired) electrons. The van der Waals surface area contributed by atoms with Crippen LogP contribution in [0.3, 0.4) is 0 Å². The number of aromatic nitrogens is 1. The summed E-state index contributed by atoms with van der Waals surface area (Å²) in [5, 5.41) is 1.00. The Bertz CT molecular complexity index is 502. The molecule has 2 rings (SSSR count). The summed E-state index contributed by atoms with van der Waals surface area (Å²) in [6.07, 6.45) is -0.578. The second-order valence-corrected chi connectivity index (χ2v) is 4.12. The van der Waals surface area contributed by atoms with Gasteiger partial charge >= 0.3 is 0 Å². The number of benzene rings is 1. The molecule has 0 amide bonds. The average molecular weight is 220 g/mol. The third kappa shape index (κ3) is 1.61. The molecule has 3 heteroatoms. The van der Waals surface area contributed by atoms with E-state index in [0.29, 0.717) is 13.0 Å². The number of nitrogens with two attached hydrogens (primary N) is 1. The highest BCUT2D eigenvalue weighted by Crippen LogP contribution is 2.33. The number of nitrogens with zero attached hydrogens (tertiary/aromatic N) is 1. The van der Waals surface area contributed by atoms with Gasteiger partial charge in [0.15, 0.2) is 0 Å². The zero-order valence-electron chi connectivity index (χ0n) is 9.70. The van der Waals surface area contributed by atoms with Crippen molar-refractivity contribution in [2.24, 2.45) is 12.8 Å². The minimum absolute atomic E-state index is 0.379. The number of alkyl halides is 1. The summed E-state index contributed by atoms with van der Waals surface area (Å²) in [5.41, 5.74) is 8.28. The molecule has 2 aromatic rings. The quantitative estimate of drug-likeness (QED) is 0.847. The van der Waals surface area contributed by atoms with Crippen LogP contribution in [0.4, 0.5) is 4.39 Å². The Morgan fingerprint density at radius 1 is 1.38 bits per heavy atom. The number of fused-ring (bicyclic) bond motifs is 1. The van der Waals surface area contributed by atoms with Crippen molar-refractivity contribution >= 4 is 10.9 Å². The Labute approximate surface area is 94.9 Å². The monoisotopic (exact) mass is 220 g/mol. The second-order valence-electron chi connectivity index (χ2n) is 4.12. The normalized spacial score (nSPS) is 13.2. The van der Waals surface area contributed by atoms with Crippen LogP contribution in [0.1, 0.15) is 23.8 Å². The van der Waals surface area contributed by atoms with Crippen LogP contribution in [-0.2, 0) is 7.05 Å². The van der Waals surface area contributed by atoms with Crippen LogP contribution in [0.25, 0.3) is 10.9 Å². The van der Waals surface area contributed by atoms with Crippen molar-refractivity contribution in [2.45, 2.75) is 19.5 Å². The van der Waals surface area contributed by atoms with Gasteiger partial charge in [-0.25, -0.2) is 4.39 Å². The van der Waals surface area contributed by atoms with E-state index in [0.717, 1.165) is 22.2 Å². The zero-order valence-corrected chi connectivity index (χ0v) is 9.70. The van der Waals surface area contributed by atoms with Gasteiger partial charge in [-0.1, -0.05) is 18.2 Å². The predicted molar refractivity (Wildman–Crippen MR) is 65.2 cm³/mol. The van der Waals surface area contributed by atoms with Gasteiger partial charge in [-0.3, -0.25) is 0 Å². The summed E-state index contributed by atoms with van der Waals surface area (Å²) in [4.78, 5) is 0. The molecule has 1 unspecified atom stereocenters. The molecule has 1 aromatic heterocycles. The van der Waals surface area contributed by atoms with Crippen molar-refractivity contribution in [1.29, 1.82) is 0 Å². The molecule has 0 aliphatic carbocycles. The smallest absolute Gasteiger partial charge is 0.129 e. The van der Waals surface area contributed by atoms with Gasteiger partial charge < -0.3 is 10.3 Å². The van der Waals surface area contributed by atoms with Crippen LogP contribution in [-0.4, -0.2) is 11.1 Å².